The van der Waals surface area contributed by atoms with E-state index in [-0.39, 0.29) is 5.91 Å². The van der Waals surface area contributed by atoms with Gasteiger partial charge >= 0.3 is 0 Å². The normalized spacial score (nSPS) is 13.8. The van der Waals surface area contributed by atoms with Crippen LogP contribution in [0.25, 0.3) is 5.69 Å². The molecule has 0 fully saturated rings. The van der Waals surface area contributed by atoms with Gasteiger partial charge in [0, 0.05) is 49.6 Å². The largest absolute Gasteiger partial charge is 0.352 e. The topological polar surface area (TPSA) is 64.7 Å². The Hall–Kier alpha value is -2.89. The predicted molar refractivity (Wildman–Crippen MR) is 99.4 cm³/mol. The van der Waals surface area contributed by atoms with Crippen molar-refractivity contribution < 1.29 is 4.79 Å². The van der Waals surface area contributed by atoms with E-state index in [9.17, 15) is 4.79 Å². The summed E-state index contributed by atoms with van der Waals surface area (Å²) in [5.74, 6) is 2.01. The van der Waals surface area contributed by atoms with Crippen LogP contribution in [0.1, 0.15) is 41.3 Å². The third-order valence-corrected chi connectivity index (χ3v) is 4.85. The highest BCUT2D eigenvalue weighted by atomic mass is 16.1. The van der Waals surface area contributed by atoms with Crippen molar-refractivity contribution in [1.82, 2.24) is 24.6 Å². The maximum Gasteiger partial charge on any atom is 0.251 e. The molecule has 1 aromatic carbocycles. The van der Waals surface area contributed by atoms with Gasteiger partial charge in [-0.1, -0.05) is 6.42 Å². The minimum atomic E-state index is -0.0559. The molecule has 3 aromatic rings. The molecule has 1 amide bonds. The predicted octanol–water partition coefficient (Wildman–Crippen LogP) is 2.77. The van der Waals surface area contributed by atoms with Crippen LogP contribution in [0.4, 0.5) is 0 Å². The average molecular weight is 349 g/mol. The number of carbonyl (C=O) groups excluding carboxylic acids is 1. The first-order chi connectivity index (χ1) is 12.8. The second-order valence-corrected chi connectivity index (χ2v) is 6.64. The first-order valence-electron chi connectivity index (χ1n) is 9.24. The molecule has 0 saturated carbocycles. The Bertz CT molecular complexity index is 864. The van der Waals surface area contributed by atoms with Crippen LogP contribution in [0.2, 0.25) is 0 Å². The maximum atomic E-state index is 12.4. The summed E-state index contributed by atoms with van der Waals surface area (Å²) in [6.07, 6.45) is 9.30. The number of aromatic nitrogens is 4. The zero-order valence-corrected chi connectivity index (χ0v) is 14.8. The summed E-state index contributed by atoms with van der Waals surface area (Å²) in [6.45, 7) is 1.56. The van der Waals surface area contributed by atoms with Crippen molar-refractivity contribution in [3.05, 3.63) is 66.0 Å². The van der Waals surface area contributed by atoms with Crippen molar-refractivity contribution in [1.29, 1.82) is 0 Å². The molecule has 26 heavy (non-hydrogen) atoms. The maximum absolute atomic E-state index is 12.4. The molecule has 0 radical (unpaired) electrons. The van der Waals surface area contributed by atoms with Gasteiger partial charge in [-0.3, -0.25) is 4.79 Å². The standard InChI is InChI=1S/C20H23N5O/c26-20(16-7-9-17(10-8-16)24-13-4-5-14-24)21-12-11-19-23-22-18-6-2-1-3-15-25(18)19/h4-5,7-10,13-14H,1-3,6,11-12,15H2,(H,21,26). The number of benzene rings is 1. The summed E-state index contributed by atoms with van der Waals surface area (Å²) in [6, 6.07) is 11.6. The minimum absolute atomic E-state index is 0.0559. The van der Waals surface area contributed by atoms with E-state index in [1.54, 1.807) is 0 Å². The van der Waals surface area contributed by atoms with E-state index in [0.29, 0.717) is 18.5 Å². The van der Waals surface area contributed by atoms with E-state index in [1.165, 1.54) is 19.3 Å². The van der Waals surface area contributed by atoms with Crippen LogP contribution >= 0.6 is 0 Å². The molecule has 0 unspecified atom stereocenters. The number of amides is 1. The van der Waals surface area contributed by atoms with Crippen molar-refractivity contribution in [3.8, 4) is 5.69 Å². The molecule has 6 nitrogen and oxygen atoms in total. The third-order valence-electron chi connectivity index (χ3n) is 4.85. The minimum Gasteiger partial charge on any atom is -0.352 e. The lowest BCUT2D eigenvalue weighted by Crippen LogP contribution is -2.26. The fourth-order valence-corrected chi connectivity index (χ4v) is 3.41. The summed E-state index contributed by atoms with van der Waals surface area (Å²) in [4.78, 5) is 12.4. The molecule has 6 heteroatoms. The summed E-state index contributed by atoms with van der Waals surface area (Å²) in [7, 11) is 0. The average Bonchev–Trinajstić information content (AvgIpc) is 3.27. The fourth-order valence-electron chi connectivity index (χ4n) is 3.41. The second-order valence-electron chi connectivity index (χ2n) is 6.64. The van der Waals surface area contributed by atoms with Gasteiger partial charge in [0.2, 0.25) is 0 Å². The SMILES string of the molecule is O=C(NCCc1nnc2n1CCCCC2)c1ccc(-n2cccc2)cc1. The smallest absolute Gasteiger partial charge is 0.251 e. The lowest BCUT2D eigenvalue weighted by atomic mass is 10.2. The number of hydrogen-bond acceptors (Lipinski definition) is 3. The van der Waals surface area contributed by atoms with Crippen LogP contribution in [0.15, 0.2) is 48.8 Å². The quantitative estimate of drug-likeness (QED) is 0.770. The van der Waals surface area contributed by atoms with E-state index >= 15 is 0 Å². The van der Waals surface area contributed by atoms with Crippen molar-refractivity contribution in [2.24, 2.45) is 0 Å². The Morgan fingerprint density at radius 2 is 1.85 bits per heavy atom. The monoisotopic (exact) mass is 349 g/mol. The van der Waals surface area contributed by atoms with E-state index in [1.807, 2.05) is 53.4 Å². The Balaban J connectivity index is 1.34. The van der Waals surface area contributed by atoms with Crippen LogP contribution < -0.4 is 5.32 Å². The van der Waals surface area contributed by atoms with Crippen LogP contribution in [-0.2, 0) is 19.4 Å². The van der Waals surface area contributed by atoms with Crippen LogP contribution in [0, 0.1) is 0 Å². The van der Waals surface area contributed by atoms with Gasteiger partial charge in [-0.2, -0.15) is 0 Å². The molecule has 1 aliphatic heterocycles. The number of nitrogens with zero attached hydrogens (tertiary/aromatic N) is 4. The van der Waals surface area contributed by atoms with Gasteiger partial charge in [0.05, 0.1) is 0 Å². The van der Waals surface area contributed by atoms with Gasteiger partial charge in [0.1, 0.15) is 11.6 Å². The molecule has 134 valence electrons. The zero-order valence-electron chi connectivity index (χ0n) is 14.8. The molecule has 0 saturated heterocycles. The molecule has 0 aliphatic carbocycles. The van der Waals surface area contributed by atoms with Gasteiger partial charge in [0.15, 0.2) is 0 Å². The number of carbonyl (C=O) groups is 1. The van der Waals surface area contributed by atoms with Crippen LogP contribution in [0.5, 0.6) is 0 Å². The second kappa shape index (κ2) is 7.56. The molecule has 0 atom stereocenters. The third kappa shape index (κ3) is 3.54. The molecular weight excluding hydrogens is 326 g/mol. The first kappa shape index (κ1) is 16.6. The number of hydrogen-bond donors (Lipinski definition) is 1. The number of aryl methyl sites for hydroxylation is 1. The molecule has 4 rings (SSSR count). The molecule has 0 bridgehead atoms. The van der Waals surface area contributed by atoms with Crippen molar-refractivity contribution in [2.75, 3.05) is 6.54 Å². The van der Waals surface area contributed by atoms with E-state index in [0.717, 1.165) is 30.3 Å². The first-order valence-corrected chi connectivity index (χ1v) is 9.24. The Morgan fingerprint density at radius 3 is 2.65 bits per heavy atom. The molecule has 3 heterocycles. The molecule has 2 aromatic heterocycles. The van der Waals surface area contributed by atoms with Gasteiger partial charge < -0.3 is 14.5 Å². The highest BCUT2D eigenvalue weighted by Gasteiger charge is 2.14. The summed E-state index contributed by atoms with van der Waals surface area (Å²) >= 11 is 0. The van der Waals surface area contributed by atoms with Crippen LogP contribution in [0.3, 0.4) is 0 Å². The zero-order chi connectivity index (χ0) is 17.8. The molecular formula is C20H23N5O. The van der Waals surface area contributed by atoms with Crippen molar-refractivity contribution in [2.45, 2.75) is 38.6 Å². The van der Waals surface area contributed by atoms with Gasteiger partial charge in [0.25, 0.3) is 5.91 Å². The number of rotatable bonds is 5. The highest BCUT2D eigenvalue weighted by molar-refractivity contribution is 5.94. The Kier molecular flexibility index (Phi) is 4.82. The Morgan fingerprint density at radius 1 is 1.04 bits per heavy atom. The van der Waals surface area contributed by atoms with E-state index < -0.39 is 0 Å². The number of fused-ring (bicyclic) bond motifs is 1. The van der Waals surface area contributed by atoms with Gasteiger partial charge in [-0.05, 0) is 49.2 Å². The number of nitrogens with one attached hydrogen (secondary N) is 1. The molecule has 1 aliphatic rings. The summed E-state index contributed by atoms with van der Waals surface area (Å²) in [5.41, 5.74) is 1.71. The van der Waals surface area contributed by atoms with Crippen molar-refractivity contribution in [3.63, 3.8) is 0 Å². The summed E-state index contributed by atoms with van der Waals surface area (Å²) in [5, 5.41) is 11.6. The molecule has 0 spiro atoms. The highest BCUT2D eigenvalue weighted by Crippen LogP contribution is 2.14. The van der Waals surface area contributed by atoms with Gasteiger partial charge in [-0.25, -0.2) is 0 Å². The fraction of sp³-hybridized carbons (Fsp3) is 0.350. The lowest BCUT2D eigenvalue weighted by Gasteiger charge is -2.09. The molecule has 1 N–H and O–H groups in total. The van der Waals surface area contributed by atoms with Gasteiger partial charge in [-0.15, -0.1) is 10.2 Å². The van der Waals surface area contributed by atoms with E-state index in [4.69, 9.17) is 0 Å². The summed E-state index contributed by atoms with van der Waals surface area (Å²) < 4.78 is 4.24. The van der Waals surface area contributed by atoms with Crippen LogP contribution in [-0.4, -0.2) is 31.8 Å². The lowest BCUT2D eigenvalue weighted by molar-refractivity contribution is 0.0954. The Labute approximate surface area is 152 Å². The van der Waals surface area contributed by atoms with E-state index in [2.05, 4.69) is 20.1 Å². The van der Waals surface area contributed by atoms with Crippen molar-refractivity contribution >= 4 is 5.91 Å².